The Morgan fingerprint density at radius 2 is 1.82 bits per heavy atom. The van der Waals surface area contributed by atoms with Gasteiger partial charge >= 0.3 is 0 Å². The maximum absolute atomic E-state index is 12.0. The monoisotopic (exact) mass is 307 g/mol. The number of benzene rings is 1. The molecule has 0 saturated carbocycles. The fourth-order valence-corrected chi connectivity index (χ4v) is 2.52. The number of piperazine rings is 1. The molecule has 1 aliphatic rings. The molecule has 0 aliphatic carbocycles. The van der Waals surface area contributed by atoms with Crippen LogP contribution in [0, 0.1) is 0 Å². The first-order chi connectivity index (χ1) is 10.7. The number of ether oxygens (including phenoxy) is 1. The highest BCUT2D eigenvalue weighted by Gasteiger charge is 2.18. The van der Waals surface area contributed by atoms with Crippen LogP contribution in [0.3, 0.4) is 0 Å². The smallest absolute Gasteiger partial charge is 0.234 e. The van der Waals surface area contributed by atoms with Gasteiger partial charge in [-0.2, -0.15) is 0 Å². The minimum atomic E-state index is 0.0476. The molecule has 0 aromatic heterocycles. The molecule has 0 spiro atoms. The van der Waals surface area contributed by atoms with E-state index in [1.807, 2.05) is 24.3 Å². The van der Waals surface area contributed by atoms with Crippen LogP contribution >= 0.6 is 0 Å². The Morgan fingerprint density at radius 1 is 1.18 bits per heavy atom. The molecule has 6 nitrogen and oxygen atoms in total. The van der Waals surface area contributed by atoms with Crippen LogP contribution in [0.25, 0.3) is 0 Å². The molecule has 122 valence electrons. The number of amides is 1. The predicted molar refractivity (Wildman–Crippen MR) is 84.8 cm³/mol. The van der Waals surface area contributed by atoms with Gasteiger partial charge in [0.1, 0.15) is 5.75 Å². The molecule has 1 saturated heterocycles. The van der Waals surface area contributed by atoms with E-state index in [9.17, 15) is 4.79 Å². The van der Waals surface area contributed by atoms with Crippen LogP contribution in [0.2, 0.25) is 0 Å². The molecule has 0 atom stereocenters. The summed E-state index contributed by atoms with van der Waals surface area (Å²) in [6.07, 6.45) is 0. The number of carbonyl (C=O) groups is 1. The van der Waals surface area contributed by atoms with Crippen molar-refractivity contribution < 1.29 is 14.6 Å². The zero-order chi connectivity index (χ0) is 15.8. The summed E-state index contributed by atoms with van der Waals surface area (Å²) >= 11 is 0. The summed E-state index contributed by atoms with van der Waals surface area (Å²) in [5.74, 6) is 0.863. The van der Waals surface area contributed by atoms with E-state index in [2.05, 4.69) is 15.1 Å². The van der Waals surface area contributed by atoms with E-state index in [1.54, 1.807) is 7.11 Å². The first-order valence-corrected chi connectivity index (χ1v) is 7.66. The second-order valence-electron chi connectivity index (χ2n) is 5.47. The molecule has 1 aliphatic heterocycles. The van der Waals surface area contributed by atoms with Crippen molar-refractivity contribution in [3.8, 4) is 5.75 Å². The molecule has 1 amide bonds. The van der Waals surface area contributed by atoms with Crippen LogP contribution in [0.5, 0.6) is 5.75 Å². The van der Waals surface area contributed by atoms with Crippen molar-refractivity contribution in [2.24, 2.45) is 0 Å². The van der Waals surface area contributed by atoms with Crippen molar-refractivity contribution in [1.29, 1.82) is 0 Å². The lowest BCUT2D eigenvalue weighted by atomic mass is 10.2. The number of hydrogen-bond donors (Lipinski definition) is 2. The second kappa shape index (κ2) is 8.73. The molecule has 1 fully saturated rings. The Kier molecular flexibility index (Phi) is 6.64. The molecule has 1 aromatic carbocycles. The fourth-order valence-electron chi connectivity index (χ4n) is 2.52. The third kappa shape index (κ3) is 5.29. The predicted octanol–water partition coefficient (Wildman–Crippen LogP) is -0.0787. The Balaban J connectivity index is 1.67. The molecule has 0 radical (unpaired) electrons. The quantitative estimate of drug-likeness (QED) is 0.738. The zero-order valence-corrected chi connectivity index (χ0v) is 13.1. The van der Waals surface area contributed by atoms with Gasteiger partial charge in [0.25, 0.3) is 0 Å². The highest BCUT2D eigenvalue weighted by molar-refractivity contribution is 5.78. The van der Waals surface area contributed by atoms with Crippen LogP contribution in [0.1, 0.15) is 5.56 Å². The Bertz CT molecular complexity index is 456. The average molecular weight is 307 g/mol. The molecule has 2 N–H and O–H groups in total. The normalized spacial score (nSPS) is 16.5. The maximum Gasteiger partial charge on any atom is 0.234 e. The van der Waals surface area contributed by atoms with Crippen molar-refractivity contribution in [3.05, 3.63) is 29.8 Å². The molecule has 6 heteroatoms. The van der Waals surface area contributed by atoms with E-state index >= 15 is 0 Å². The summed E-state index contributed by atoms with van der Waals surface area (Å²) in [5.41, 5.74) is 1.06. The molecule has 0 bridgehead atoms. The minimum absolute atomic E-state index is 0.0476. The topological polar surface area (TPSA) is 65.0 Å². The molecule has 2 rings (SSSR count). The highest BCUT2D eigenvalue weighted by Crippen LogP contribution is 2.10. The van der Waals surface area contributed by atoms with Crippen LogP contribution in [0.15, 0.2) is 24.3 Å². The SMILES string of the molecule is COc1ccc(CNC(=O)CN2CCN(CCO)CC2)cc1. The number of rotatable bonds is 7. The highest BCUT2D eigenvalue weighted by atomic mass is 16.5. The average Bonchev–Trinajstić information content (AvgIpc) is 2.55. The van der Waals surface area contributed by atoms with Crippen molar-refractivity contribution in [2.45, 2.75) is 6.54 Å². The molecule has 0 unspecified atom stereocenters. The number of hydrogen-bond acceptors (Lipinski definition) is 5. The Hall–Kier alpha value is -1.63. The standard InChI is InChI=1S/C16H25N3O3/c1-22-15-4-2-14(3-5-15)12-17-16(21)13-19-8-6-18(7-9-19)10-11-20/h2-5,20H,6-13H2,1H3,(H,17,21). The summed E-state index contributed by atoms with van der Waals surface area (Å²) in [5, 5.41) is 11.9. The summed E-state index contributed by atoms with van der Waals surface area (Å²) in [6.45, 7) is 5.45. The van der Waals surface area contributed by atoms with Gasteiger partial charge in [0, 0.05) is 39.3 Å². The summed E-state index contributed by atoms with van der Waals surface area (Å²) in [7, 11) is 1.64. The summed E-state index contributed by atoms with van der Waals surface area (Å²) < 4.78 is 5.11. The molecule has 1 heterocycles. The van der Waals surface area contributed by atoms with Crippen LogP contribution in [-0.4, -0.2) is 73.8 Å². The van der Waals surface area contributed by atoms with Gasteiger partial charge in [-0.15, -0.1) is 0 Å². The zero-order valence-electron chi connectivity index (χ0n) is 13.1. The van der Waals surface area contributed by atoms with Gasteiger partial charge in [-0.05, 0) is 17.7 Å². The largest absolute Gasteiger partial charge is 0.497 e. The van der Waals surface area contributed by atoms with E-state index in [0.29, 0.717) is 13.1 Å². The second-order valence-corrected chi connectivity index (χ2v) is 5.47. The van der Waals surface area contributed by atoms with Gasteiger partial charge in [-0.1, -0.05) is 12.1 Å². The van der Waals surface area contributed by atoms with Gasteiger partial charge in [-0.3, -0.25) is 14.6 Å². The molecular formula is C16H25N3O3. The molecule has 22 heavy (non-hydrogen) atoms. The van der Waals surface area contributed by atoms with E-state index in [4.69, 9.17) is 9.84 Å². The fraction of sp³-hybridized carbons (Fsp3) is 0.562. The lowest BCUT2D eigenvalue weighted by molar-refractivity contribution is -0.122. The molecule has 1 aromatic rings. The van der Waals surface area contributed by atoms with Gasteiger partial charge < -0.3 is 15.2 Å². The van der Waals surface area contributed by atoms with Crippen LogP contribution in [-0.2, 0) is 11.3 Å². The van der Waals surface area contributed by atoms with E-state index < -0.39 is 0 Å². The number of aliphatic hydroxyl groups is 1. The Labute approximate surface area is 131 Å². The van der Waals surface area contributed by atoms with Gasteiger partial charge in [0.2, 0.25) is 5.91 Å². The number of methoxy groups -OCH3 is 1. The van der Waals surface area contributed by atoms with E-state index in [-0.39, 0.29) is 12.5 Å². The van der Waals surface area contributed by atoms with Gasteiger partial charge in [0.05, 0.1) is 20.3 Å². The van der Waals surface area contributed by atoms with Gasteiger partial charge in [0.15, 0.2) is 0 Å². The first-order valence-electron chi connectivity index (χ1n) is 7.66. The first kappa shape index (κ1) is 16.7. The minimum Gasteiger partial charge on any atom is -0.497 e. The maximum atomic E-state index is 12.0. The third-order valence-corrected chi connectivity index (χ3v) is 3.90. The number of nitrogens with one attached hydrogen (secondary N) is 1. The van der Waals surface area contributed by atoms with Gasteiger partial charge in [-0.25, -0.2) is 0 Å². The van der Waals surface area contributed by atoms with Crippen molar-refractivity contribution in [3.63, 3.8) is 0 Å². The number of β-amino-alcohol motifs (C(OH)–C–C–N with tert-alkyl or cyclic N) is 1. The summed E-state index contributed by atoms with van der Waals surface area (Å²) in [4.78, 5) is 16.3. The number of nitrogens with zero attached hydrogens (tertiary/aromatic N) is 2. The van der Waals surface area contributed by atoms with Crippen molar-refractivity contribution in [1.82, 2.24) is 15.1 Å². The van der Waals surface area contributed by atoms with E-state index in [1.165, 1.54) is 0 Å². The van der Waals surface area contributed by atoms with E-state index in [0.717, 1.165) is 44.0 Å². The Morgan fingerprint density at radius 3 is 2.41 bits per heavy atom. The molecular weight excluding hydrogens is 282 g/mol. The van der Waals surface area contributed by atoms with Crippen LogP contribution in [0.4, 0.5) is 0 Å². The third-order valence-electron chi connectivity index (χ3n) is 3.90. The lowest BCUT2D eigenvalue weighted by Gasteiger charge is -2.33. The van der Waals surface area contributed by atoms with Crippen molar-refractivity contribution in [2.75, 3.05) is 53.0 Å². The van der Waals surface area contributed by atoms with Crippen LogP contribution < -0.4 is 10.1 Å². The number of aliphatic hydroxyl groups excluding tert-OH is 1. The summed E-state index contributed by atoms with van der Waals surface area (Å²) in [6, 6.07) is 7.68. The van der Waals surface area contributed by atoms with Crippen molar-refractivity contribution >= 4 is 5.91 Å². The number of carbonyl (C=O) groups excluding carboxylic acids is 1. The lowest BCUT2D eigenvalue weighted by Crippen LogP contribution is -2.49.